The molecule has 0 spiro atoms. The number of carbonyl (C=O) groups is 3. The lowest BCUT2D eigenvalue weighted by atomic mass is 9.97. The summed E-state index contributed by atoms with van der Waals surface area (Å²) in [6.45, 7) is 1.57. The summed E-state index contributed by atoms with van der Waals surface area (Å²) in [4.78, 5) is 36.9. The van der Waals surface area contributed by atoms with E-state index in [-0.39, 0.29) is 49.9 Å². The quantitative estimate of drug-likeness (QED) is 0.525. The highest BCUT2D eigenvalue weighted by Gasteiger charge is 2.25. The first-order valence-electron chi connectivity index (χ1n) is 9.55. The minimum Gasteiger partial charge on any atom is -0.463 e. The molecule has 3 N–H and O–H groups in total. The third kappa shape index (κ3) is 7.15. The van der Waals surface area contributed by atoms with E-state index in [2.05, 4.69) is 10.6 Å². The molecule has 1 aliphatic rings. The summed E-state index contributed by atoms with van der Waals surface area (Å²) in [5, 5.41) is 14.7. The summed E-state index contributed by atoms with van der Waals surface area (Å²) in [5.74, 6) is -1.43. The number of aliphatic hydroxyl groups is 1. The van der Waals surface area contributed by atoms with Gasteiger partial charge >= 0.3 is 5.97 Å². The summed E-state index contributed by atoms with van der Waals surface area (Å²) in [7, 11) is 0. The number of amides is 2. The van der Waals surface area contributed by atoms with Crippen LogP contribution < -0.4 is 10.6 Å². The number of rotatable bonds is 5. The van der Waals surface area contributed by atoms with E-state index in [1.807, 2.05) is 42.5 Å². The zero-order valence-electron chi connectivity index (χ0n) is 16.1. The molecule has 0 unspecified atom stereocenters. The van der Waals surface area contributed by atoms with Crippen molar-refractivity contribution in [3.05, 3.63) is 48.0 Å². The number of nitrogens with one attached hydrogen (secondary N) is 2. The van der Waals surface area contributed by atoms with Gasteiger partial charge in [0.05, 0.1) is 18.6 Å². The first-order valence-corrected chi connectivity index (χ1v) is 9.55. The first kappa shape index (κ1) is 21.6. The standard InChI is InChI=1S/C21H28N2O5/c1-15(13-24)22-19(25)12-17-10-6-3-7-11-20(26)28-14-18(23-21(17)27)16-8-4-2-5-9-16/h2-6,8-9,15,17-18,24H,7,10-14H2,1H3,(H,22,25)(H,23,27)/t15-,17+,18+/m0/s1. The summed E-state index contributed by atoms with van der Waals surface area (Å²) in [6.07, 6.45) is 4.85. The molecule has 0 aromatic heterocycles. The van der Waals surface area contributed by atoms with Crippen molar-refractivity contribution >= 4 is 17.8 Å². The normalized spacial score (nSPS) is 22.2. The Morgan fingerprint density at radius 3 is 2.75 bits per heavy atom. The van der Waals surface area contributed by atoms with E-state index in [4.69, 9.17) is 9.84 Å². The number of benzene rings is 1. The Hall–Kier alpha value is -2.67. The molecule has 0 aliphatic carbocycles. The highest BCUT2D eigenvalue weighted by atomic mass is 16.5. The minimum absolute atomic E-state index is 0.0157. The van der Waals surface area contributed by atoms with Crippen molar-refractivity contribution in [3.63, 3.8) is 0 Å². The monoisotopic (exact) mass is 388 g/mol. The van der Waals surface area contributed by atoms with Crippen LogP contribution in [0, 0.1) is 5.92 Å². The Balaban J connectivity index is 2.15. The third-order valence-corrected chi connectivity index (χ3v) is 4.52. The second kappa shape index (κ2) is 11.2. The predicted molar refractivity (Wildman–Crippen MR) is 104 cm³/mol. The Morgan fingerprint density at radius 2 is 2.04 bits per heavy atom. The zero-order chi connectivity index (χ0) is 20.4. The van der Waals surface area contributed by atoms with Crippen LogP contribution in [0.2, 0.25) is 0 Å². The Labute approximate surface area is 165 Å². The van der Waals surface area contributed by atoms with Crippen molar-refractivity contribution in [2.24, 2.45) is 5.92 Å². The number of esters is 1. The van der Waals surface area contributed by atoms with Gasteiger partial charge in [0.1, 0.15) is 6.61 Å². The number of hydrogen-bond acceptors (Lipinski definition) is 5. The van der Waals surface area contributed by atoms with Crippen molar-refractivity contribution in [2.45, 2.75) is 44.7 Å². The number of cyclic esters (lactones) is 1. The van der Waals surface area contributed by atoms with Crippen LogP contribution in [0.5, 0.6) is 0 Å². The Kier molecular flexibility index (Phi) is 8.68. The molecule has 28 heavy (non-hydrogen) atoms. The smallest absolute Gasteiger partial charge is 0.306 e. The minimum atomic E-state index is -0.552. The molecule has 0 saturated carbocycles. The second-order valence-corrected chi connectivity index (χ2v) is 6.95. The lowest BCUT2D eigenvalue weighted by molar-refractivity contribution is -0.145. The fourth-order valence-corrected chi connectivity index (χ4v) is 2.91. The zero-order valence-corrected chi connectivity index (χ0v) is 16.1. The van der Waals surface area contributed by atoms with E-state index < -0.39 is 12.0 Å². The SMILES string of the molecule is C[C@@H](CO)NC(=O)C[C@H]1CC=CCCC(=O)OC[C@H](c2ccccc2)NC1=O. The van der Waals surface area contributed by atoms with E-state index in [9.17, 15) is 14.4 Å². The molecule has 0 fully saturated rings. The van der Waals surface area contributed by atoms with E-state index in [1.54, 1.807) is 6.92 Å². The lowest BCUT2D eigenvalue weighted by Gasteiger charge is -2.23. The van der Waals surface area contributed by atoms with E-state index in [1.165, 1.54) is 0 Å². The second-order valence-electron chi connectivity index (χ2n) is 6.95. The number of ether oxygens (including phenoxy) is 1. The molecule has 3 atom stereocenters. The summed E-state index contributed by atoms with van der Waals surface area (Å²) in [6, 6.07) is 8.43. The average molecular weight is 388 g/mol. The maximum atomic E-state index is 12.9. The maximum absolute atomic E-state index is 12.9. The molecule has 0 bridgehead atoms. The highest BCUT2D eigenvalue weighted by molar-refractivity contribution is 5.86. The van der Waals surface area contributed by atoms with Crippen LogP contribution in [0.15, 0.2) is 42.5 Å². The molecular weight excluding hydrogens is 360 g/mol. The van der Waals surface area contributed by atoms with Gasteiger partial charge in [-0.3, -0.25) is 14.4 Å². The fourth-order valence-electron chi connectivity index (χ4n) is 2.91. The Bertz CT molecular complexity index is 689. The van der Waals surface area contributed by atoms with Crippen LogP contribution >= 0.6 is 0 Å². The van der Waals surface area contributed by atoms with Crippen LogP contribution in [0.4, 0.5) is 0 Å². The van der Waals surface area contributed by atoms with E-state index in [0.29, 0.717) is 12.8 Å². The van der Waals surface area contributed by atoms with Gasteiger partial charge in [0.25, 0.3) is 0 Å². The van der Waals surface area contributed by atoms with Gasteiger partial charge in [-0.15, -0.1) is 0 Å². The summed E-state index contributed by atoms with van der Waals surface area (Å²) < 4.78 is 5.32. The summed E-state index contributed by atoms with van der Waals surface area (Å²) in [5.41, 5.74) is 0.827. The van der Waals surface area contributed by atoms with E-state index >= 15 is 0 Å². The molecule has 1 aromatic rings. The van der Waals surface area contributed by atoms with Gasteiger partial charge in [-0.05, 0) is 25.3 Å². The highest BCUT2D eigenvalue weighted by Crippen LogP contribution is 2.18. The van der Waals surface area contributed by atoms with Crippen molar-refractivity contribution in [1.29, 1.82) is 0 Å². The molecule has 1 heterocycles. The van der Waals surface area contributed by atoms with Gasteiger partial charge < -0.3 is 20.5 Å². The van der Waals surface area contributed by atoms with Crippen molar-refractivity contribution in [2.75, 3.05) is 13.2 Å². The van der Waals surface area contributed by atoms with Crippen molar-refractivity contribution < 1.29 is 24.2 Å². The fraction of sp³-hybridized carbons (Fsp3) is 0.476. The molecular formula is C21H28N2O5. The van der Waals surface area contributed by atoms with Crippen molar-refractivity contribution in [3.8, 4) is 0 Å². The average Bonchev–Trinajstić information content (AvgIpc) is 2.69. The number of allylic oxidation sites excluding steroid dienone is 2. The molecule has 7 heteroatoms. The lowest BCUT2D eigenvalue weighted by Crippen LogP contribution is -2.41. The molecule has 1 aliphatic heterocycles. The van der Waals surface area contributed by atoms with Crippen LogP contribution in [-0.2, 0) is 19.1 Å². The molecule has 7 nitrogen and oxygen atoms in total. The van der Waals surface area contributed by atoms with Crippen LogP contribution in [0.25, 0.3) is 0 Å². The number of hydrogen-bond donors (Lipinski definition) is 3. The van der Waals surface area contributed by atoms with Crippen LogP contribution in [0.3, 0.4) is 0 Å². The van der Waals surface area contributed by atoms with E-state index in [0.717, 1.165) is 5.56 Å². The predicted octanol–water partition coefficient (Wildman–Crippen LogP) is 1.63. The van der Waals surface area contributed by atoms with Gasteiger partial charge in [0, 0.05) is 18.9 Å². The first-order chi connectivity index (χ1) is 13.5. The number of carbonyl (C=O) groups excluding carboxylic acids is 3. The van der Waals surface area contributed by atoms with Crippen molar-refractivity contribution in [1.82, 2.24) is 10.6 Å². The van der Waals surface area contributed by atoms with Gasteiger partial charge in [-0.1, -0.05) is 42.5 Å². The number of aliphatic hydroxyl groups excluding tert-OH is 1. The maximum Gasteiger partial charge on any atom is 0.306 e. The van der Waals surface area contributed by atoms with Gasteiger partial charge in [0.15, 0.2) is 0 Å². The largest absolute Gasteiger partial charge is 0.463 e. The molecule has 152 valence electrons. The van der Waals surface area contributed by atoms with Gasteiger partial charge in [-0.25, -0.2) is 0 Å². The topological polar surface area (TPSA) is 105 Å². The molecule has 2 rings (SSSR count). The molecule has 2 amide bonds. The van der Waals surface area contributed by atoms with Gasteiger partial charge in [-0.2, -0.15) is 0 Å². The third-order valence-electron chi connectivity index (χ3n) is 4.52. The Morgan fingerprint density at radius 1 is 1.29 bits per heavy atom. The van der Waals surface area contributed by atoms with Crippen LogP contribution in [0.1, 0.15) is 44.2 Å². The van der Waals surface area contributed by atoms with Crippen LogP contribution in [-0.4, -0.2) is 42.1 Å². The summed E-state index contributed by atoms with van der Waals surface area (Å²) >= 11 is 0. The van der Waals surface area contributed by atoms with Gasteiger partial charge in [0.2, 0.25) is 11.8 Å². The molecule has 1 aromatic carbocycles. The molecule has 0 radical (unpaired) electrons. The molecule has 0 saturated heterocycles.